The fourth-order valence-corrected chi connectivity index (χ4v) is 4.24. The fraction of sp³-hybridized carbons (Fsp3) is 0.429. The van der Waals surface area contributed by atoms with Crippen LogP contribution >= 0.6 is 0 Å². The Hall–Kier alpha value is -3.66. The Bertz CT molecular complexity index is 1090. The molecule has 0 aliphatic heterocycles. The van der Waals surface area contributed by atoms with E-state index in [0.717, 1.165) is 24.8 Å². The molecule has 2 aromatic rings. The van der Waals surface area contributed by atoms with E-state index in [-0.39, 0.29) is 24.1 Å². The maximum Gasteiger partial charge on any atom is 0.262 e. The molecule has 0 saturated heterocycles. The monoisotopic (exact) mass is 478 g/mol. The molecule has 1 fully saturated rings. The van der Waals surface area contributed by atoms with Gasteiger partial charge in [0, 0.05) is 11.6 Å². The molecular weight excluding hydrogens is 444 g/mol. The van der Waals surface area contributed by atoms with Crippen LogP contribution in [0.3, 0.4) is 0 Å². The van der Waals surface area contributed by atoms with E-state index in [2.05, 4.69) is 12.2 Å². The van der Waals surface area contributed by atoms with Crippen LogP contribution in [-0.2, 0) is 11.4 Å². The molecule has 1 aliphatic carbocycles. The Kier molecular flexibility index (Phi) is 9.42. The molecule has 1 amide bonds. The number of carbonyl (C=O) groups is 1. The van der Waals surface area contributed by atoms with Crippen LogP contribution in [0.15, 0.2) is 42.0 Å². The Morgan fingerprint density at radius 2 is 1.83 bits per heavy atom. The summed E-state index contributed by atoms with van der Waals surface area (Å²) >= 11 is 0. The fourth-order valence-electron chi connectivity index (χ4n) is 4.24. The third-order valence-corrected chi connectivity index (χ3v) is 6.24. The van der Waals surface area contributed by atoms with Crippen molar-refractivity contribution < 1.29 is 23.7 Å². The molecule has 7 nitrogen and oxygen atoms in total. The Balaban J connectivity index is 1.77. The maximum absolute atomic E-state index is 12.8. The number of ether oxygens (including phenoxy) is 4. The van der Waals surface area contributed by atoms with Crippen LogP contribution in [0.25, 0.3) is 6.08 Å². The number of methoxy groups -OCH3 is 2. The highest BCUT2D eigenvalue weighted by Gasteiger charge is 2.24. The van der Waals surface area contributed by atoms with E-state index in [4.69, 9.17) is 18.9 Å². The summed E-state index contributed by atoms with van der Waals surface area (Å²) in [6.45, 7) is 4.73. The van der Waals surface area contributed by atoms with E-state index in [1.165, 1.54) is 6.42 Å². The smallest absolute Gasteiger partial charge is 0.262 e. The van der Waals surface area contributed by atoms with Crippen LogP contribution in [-0.4, -0.2) is 32.8 Å². The summed E-state index contributed by atoms with van der Waals surface area (Å²) in [5.41, 5.74) is 1.59. The van der Waals surface area contributed by atoms with Crippen LogP contribution in [0.5, 0.6) is 23.0 Å². The molecule has 0 bridgehead atoms. The largest absolute Gasteiger partial charge is 0.497 e. The molecule has 2 aromatic carbocycles. The molecule has 35 heavy (non-hydrogen) atoms. The van der Waals surface area contributed by atoms with Crippen molar-refractivity contribution in [3.63, 3.8) is 0 Å². The summed E-state index contributed by atoms with van der Waals surface area (Å²) in [6, 6.07) is 13.0. The lowest BCUT2D eigenvalue weighted by molar-refractivity contribution is -0.118. The Labute approximate surface area is 207 Å². The normalized spacial score (nSPS) is 17.7. The van der Waals surface area contributed by atoms with Crippen molar-refractivity contribution in [1.82, 2.24) is 5.32 Å². The van der Waals surface area contributed by atoms with Gasteiger partial charge in [-0.2, -0.15) is 5.26 Å². The molecule has 0 unspecified atom stereocenters. The summed E-state index contributed by atoms with van der Waals surface area (Å²) < 4.78 is 22.6. The number of amides is 1. The van der Waals surface area contributed by atoms with Crippen LogP contribution in [0.1, 0.15) is 50.7 Å². The van der Waals surface area contributed by atoms with E-state index in [1.807, 2.05) is 31.2 Å². The zero-order valence-electron chi connectivity index (χ0n) is 20.9. The average Bonchev–Trinajstić information content (AvgIpc) is 2.88. The number of nitrogens with zero attached hydrogens (tertiary/aromatic N) is 1. The second kappa shape index (κ2) is 12.7. The number of benzene rings is 2. The predicted octanol–water partition coefficient (Wildman–Crippen LogP) is 5.28. The number of carbonyl (C=O) groups excluding carboxylic acids is 1. The van der Waals surface area contributed by atoms with Crippen LogP contribution in [0, 0.1) is 17.2 Å². The highest BCUT2D eigenvalue weighted by molar-refractivity contribution is 6.01. The van der Waals surface area contributed by atoms with E-state index in [9.17, 15) is 10.1 Å². The van der Waals surface area contributed by atoms with Gasteiger partial charge in [0.15, 0.2) is 11.5 Å². The molecule has 2 atom stereocenters. The first kappa shape index (κ1) is 26.0. The number of nitrogens with one attached hydrogen (secondary N) is 1. The minimum Gasteiger partial charge on any atom is -0.497 e. The Morgan fingerprint density at radius 1 is 1.06 bits per heavy atom. The van der Waals surface area contributed by atoms with Crippen molar-refractivity contribution in [2.75, 3.05) is 20.8 Å². The van der Waals surface area contributed by atoms with Crippen LogP contribution in [0.2, 0.25) is 0 Å². The number of nitriles is 1. The molecular formula is C28H34N2O5. The molecule has 0 heterocycles. The van der Waals surface area contributed by atoms with Gasteiger partial charge in [-0.05, 0) is 67.7 Å². The molecule has 3 rings (SSSR count). The highest BCUT2D eigenvalue weighted by Crippen LogP contribution is 2.32. The summed E-state index contributed by atoms with van der Waals surface area (Å²) in [4.78, 5) is 12.8. The van der Waals surface area contributed by atoms with Crippen LogP contribution in [0.4, 0.5) is 0 Å². The quantitative estimate of drug-likeness (QED) is 0.369. The van der Waals surface area contributed by atoms with E-state index >= 15 is 0 Å². The lowest BCUT2D eigenvalue weighted by Crippen LogP contribution is -2.41. The number of rotatable bonds is 10. The van der Waals surface area contributed by atoms with Crippen molar-refractivity contribution in [2.24, 2.45) is 5.92 Å². The number of hydrogen-bond donors (Lipinski definition) is 1. The summed E-state index contributed by atoms with van der Waals surface area (Å²) in [5, 5.41) is 12.7. The first-order valence-electron chi connectivity index (χ1n) is 12.0. The highest BCUT2D eigenvalue weighted by atomic mass is 16.5. The second-order valence-corrected chi connectivity index (χ2v) is 8.62. The molecule has 1 saturated carbocycles. The van der Waals surface area contributed by atoms with Gasteiger partial charge in [0.05, 0.1) is 20.8 Å². The first-order chi connectivity index (χ1) is 17.0. The van der Waals surface area contributed by atoms with Crippen molar-refractivity contribution in [2.45, 2.75) is 52.2 Å². The topological polar surface area (TPSA) is 89.8 Å². The molecule has 0 radical (unpaired) electrons. The van der Waals surface area contributed by atoms with Gasteiger partial charge in [-0.25, -0.2) is 0 Å². The molecule has 186 valence electrons. The SMILES string of the molecule is CCOc1cc(/C=C(\C#N)C(=O)N[C@H]2CCCC[C@@H]2C)ccc1OCc1cc(OC)ccc1OC. The van der Waals surface area contributed by atoms with Crippen molar-refractivity contribution in [1.29, 1.82) is 5.26 Å². The maximum atomic E-state index is 12.8. The lowest BCUT2D eigenvalue weighted by Gasteiger charge is -2.29. The van der Waals surface area contributed by atoms with E-state index < -0.39 is 0 Å². The van der Waals surface area contributed by atoms with Crippen molar-refractivity contribution in [3.8, 4) is 29.1 Å². The molecule has 1 aliphatic rings. The number of hydrogen-bond acceptors (Lipinski definition) is 6. The standard InChI is InChI=1S/C28H34N2O5/c1-5-34-27-15-20(14-21(17-29)28(31)30-24-9-7-6-8-19(24)2)10-12-26(27)35-18-22-16-23(32-3)11-13-25(22)33-4/h10-16,19,24H,5-9,18H2,1-4H3,(H,30,31)/b21-14+/t19-,24-/m0/s1. The minimum atomic E-state index is -0.338. The van der Waals surface area contributed by atoms with E-state index in [0.29, 0.717) is 41.1 Å². The van der Waals surface area contributed by atoms with Gasteiger partial charge < -0.3 is 24.3 Å². The first-order valence-corrected chi connectivity index (χ1v) is 12.0. The Morgan fingerprint density at radius 3 is 2.51 bits per heavy atom. The minimum absolute atomic E-state index is 0.0695. The van der Waals surface area contributed by atoms with E-state index in [1.54, 1.807) is 38.5 Å². The van der Waals surface area contributed by atoms with Gasteiger partial charge >= 0.3 is 0 Å². The van der Waals surface area contributed by atoms with Gasteiger partial charge in [0.1, 0.15) is 29.7 Å². The summed E-state index contributed by atoms with van der Waals surface area (Å²) in [5.74, 6) is 2.56. The average molecular weight is 479 g/mol. The molecule has 1 N–H and O–H groups in total. The summed E-state index contributed by atoms with van der Waals surface area (Å²) in [7, 11) is 3.22. The lowest BCUT2D eigenvalue weighted by atomic mass is 9.86. The van der Waals surface area contributed by atoms with Gasteiger partial charge in [-0.3, -0.25) is 4.79 Å². The molecule has 0 aromatic heterocycles. The zero-order chi connectivity index (χ0) is 25.2. The second-order valence-electron chi connectivity index (χ2n) is 8.62. The van der Waals surface area contributed by atoms with Gasteiger partial charge in [-0.1, -0.05) is 25.8 Å². The zero-order valence-corrected chi connectivity index (χ0v) is 20.9. The summed E-state index contributed by atoms with van der Waals surface area (Å²) in [6.07, 6.45) is 5.91. The third kappa shape index (κ3) is 6.92. The van der Waals surface area contributed by atoms with Gasteiger partial charge in [-0.15, -0.1) is 0 Å². The third-order valence-electron chi connectivity index (χ3n) is 6.24. The predicted molar refractivity (Wildman–Crippen MR) is 135 cm³/mol. The van der Waals surface area contributed by atoms with Gasteiger partial charge in [0.25, 0.3) is 5.91 Å². The van der Waals surface area contributed by atoms with Gasteiger partial charge in [0.2, 0.25) is 0 Å². The molecule has 7 heteroatoms. The van der Waals surface area contributed by atoms with Crippen molar-refractivity contribution >= 4 is 12.0 Å². The molecule has 0 spiro atoms. The van der Waals surface area contributed by atoms with Crippen molar-refractivity contribution in [3.05, 3.63) is 53.1 Å². The van der Waals surface area contributed by atoms with Crippen LogP contribution < -0.4 is 24.3 Å².